The molecule has 2 atom stereocenters. The molecule has 0 bridgehead atoms. The fourth-order valence-corrected chi connectivity index (χ4v) is 1.94. The maximum atomic E-state index is 12.0. The molecular weight excluding hydrogens is 218 g/mol. The molecule has 5 nitrogen and oxygen atoms in total. The Morgan fingerprint density at radius 1 is 1.41 bits per heavy atom. The van der Waals surface area contributed by atoms with Gasteiger partial charge in [0.25, 0.3) is 0 Å². The second kappa shape index (κ2) is 4.94. The molecule has 0 aromatic rings. The third kappa shape index (κ3) is 3.91. The molecular formula is C12H23N3O2. The van der Waals surface area contributed by atoms with E-state index >= 15 is 0 Å². The summed E-state index contributed by atoms with van der Waals surface area (Å²) in [6.07, 6.45) is 1.43. The zero-order valence-corrected chi connectivity index (χ0v) is 11.1. The lowest BCUT2D eigenvalue weighted by Gasteiger charge is -2.38. The van der Waals surface area contributed by atoms with Crippen LogP contribution in [-0.4, -0.2) is 35.0 Å². The van der Waals surface area contributed by atoms with Crippen LogP contribution in [0, 0.1) is 11.3 Å². The molecule has 0 aromatic carbocycles. The number of amides is 1. The third-order valence-corrected chi connectivity index (χ3v) is 2.95. The highest BCUT2D eigenvalue weighted by atomic mass is 16.6. The average molecular weight is 241 g/mol. The summed E-state index contributed by atoms with van der Waals surface area (Å²) in [5.41, 5.74) is 5.02. The summed E-state index contributed by atoms with van der Waals surface area (Å²) >= 11 is 0. The molecule has 1 aliphatic rings. The minimum absolute atomic E-state index is 0.0290. The number of piperidine rings is 1. The summed E-state index contributed by atoms with van der Waals surface area (Å²) in [4.78, 5) is 13.7. The minimum Gasteiger partial charge on any atom is -0.444 e. The minimum atomic E-state index is -0.486. The first kappa shape index (κ1) is 13.8. The molecule has 0 aliphatic carbocycles. The van der Waals surface area contributed by atoms with Crippen molar-refractivity contribution in [1.82, 2.24) is 4.90 Å². The predicted molar refractivity (Wildman–Crippen MR) is 67.0 cm³/mol. The van der Waals surface area contributed by atoms with Crippen LogP contribution in [0.25, 0.3) is 0 Å². The van der Waals surface area contributed by atoms with Gasteiger partial charge in [0, 0.05) is 18.5 Å². The van der Waals surface area contributed by atoms with Gasteiger partial charge in [0.2, 0.25) is 0 Å². The Hall–Kier alpha value is -1.26. The first-order valence-corrected chi connectivity index (χ1v) is 6.04. The first-order valence-electron chi connectivity index (χ1n) is 6.04. The second-order valence-corrected chi connectivity index (χ2v) is 5.71. The van der Waals surface area contributed by atoms with Gasteiger partial charge in [0.05, 0.1) is 5.84 Å². The maximum Gasteiger partial charge on any atom is 0.410 e. The van der Waals surface area contributed by atoms with Crippen LogP contribution >= 0.6 is 0 Å². The average Bonchev–Trinajstić information content (AvgIpc) is 2.14. The third-order valence-electron chi connectivity index (χ3n) is 2.95. The van der Waals surface area contributed by atoms with E-state index in [4.69, 9.17) is 15.9 Å². The van der Waals surface area contributed by atoms with Gasteiger partial charge in [-0.25, -0.2) is 4.79 Å². The maximum absolute atomic E-state index is 12.0. The topological polar surface area (TPSA) is 79.4 Å². The van der Waals surface area contributed by atoms with Gasteiger partial charge in [-0.05, 0) is 40.5 Å². The van der Waals surface area contributed by atoms with E-state index in [1.54, 1.807) is 4.90 Å². The monoisotopic (exact) mass is 241 g/mol. The lowest BCUT2D eigenvalue weighted by atomic mass is 9.93. The van der Waals surface area contributed by atoms with Gasteiger partial charge >= 0.3 is 6.09 Å². The molecule has 1 rings (SSSR count). The highest BCUT2D eigenvalue weighted by Gasteiger charge is 2.32. The second-order valence-electron chi connectivity index (χ2n) is 5.71. The van der Waals surface area contributed by atoms with Gasteiger partial charge < -0.3 is 15.4 Å². The van der Waals surface area contributed by atoms with E-state index < -0.39 is 5.60 Å². The van der Waals surface area contributed by atoms with E-state index in [1.165, 1.54) is 0 Å². The smallest absolute Gasteiger partial charge is 0.410 e. The van der Waals surface area contributed by atoms with Gasteiger partial charge in [-0.15, -0.1) is 0 Å². The fourth-order valence-electron chi connectivity index (χ4n) is 1.94. The number of carbonyl (C=O) groups is 1. The zero-order chi connectivity index (χ0) is 13.2. The Kier molecular flexibility index (Phi) is 4.01. The molecule has 0 aromatic heterocycles. The molecule has 17 heavy (non-hydrogen) atoms. The van der Waals surface area contributed by atoms with Gasteiger partial charge in [0.15, 0.2) is 0 Å². The Balaban J connectivity index is 2.67. The number of ether oxygens (including phenoxy) is 1. The summed E-state index contributed by atoms with van der Waals surface area (Å²) in [5, 5.41) is 7.46. The van der Waals surface area contributed by atoms with Crippen LogP contribution in [-0.2, 0) is 4.74 Å². The molecule has 1 fully saturated rings. The fraction of sp³-hybridized carbons (Fsp3) is 0.833. The van der Waals surface area contributed by atoms with Crippen molar-refractivity contribution in [3.8, 4) is 0 Å². The van der Waals surface area contributed by atoms with Crippen LogP contribution in [0.1, 0.15) is 40.5 Å². The lowest BCUT2D eigenvalue weighted by molar-refractivity contribution is 0.00904. The molecule has 5 heteroatoms. The van der Waals surface area contributed by atoms with Crippen molar-refractivity contribution in [1.29, 1.82) is 5.41 Å². The molecule has 0 saturated carbocycles. The van der Waals surface area contributed by atoms with Crippen LogP contribution in [0.2, 0.25) is 0 Å². The Labute approximate surface area is 103 Å². The Morgan fingerprint density at radius 3 is 2.47 bits per heavy atom. The zero-order valence-electron chi connectivity index (χ0n) is 11.1. The normalized spacial score (nSPS) is 25.5. The number of rotatable bonds is 1. The van der Waals surface area contributed by atoms with Crippen molar-refractivity contribution in [2.24, 2.45) is 11.7 Å². The molecule has 1 aliphatic heterocycles. The number of nitrogens with zero attached hydrogens (tertiary/aromatic N) is 1. The van der Waals surface area contributed by atoms with Crippen LogP contribution in [0.4, 0.5) is 4.79 Å². The number of likely N-dealkylation sites (tertiary alicyclic amines) is 1. The van der Waals surface area contributed by atoms with E-state index in [2.05, 4.69) is 0 Å². The quantitative estimate of drug-likeness (QED) is 0.544. The molecule has 1 heterocycles. The number of carbonyl (C=O) groups excluding carboxylic acids is 1. The molecule has 0 spiro atoms. The van der Waals surface area contributed by atoms with E-state index in [0.29, 0.717) is 6.54 Å². The van der Waals surface area contributed by atoms with Crippen molar-refractivity contribution in [3.05, 3.63) is 0 Å². The highest BCUT2D eigenvalue weighted by Crippen LogP contribution is 2.23. The molecule has 1 saturated heterocycles. The van der Waals surface area contributed by atoms with Crippen molar-refractivity contribution in [2.45, 2.75) is 52.2 Å². The van der Waals surface area contributed by atoms with E-state index in [0.717, 1.165) is 12.8 Å². The summed E-state index contributed by atoms with van der Waals surface area (Å²) in [6, 6.07) is 0.153. The SMILES string of the molecule is C[C@@H]1CC[C@H](C(=N)N)CN1C(=O)OC(C)(C)C. The lowest BCUT2D eigenvalue weighted by Crippen LogP contribution is -2.50. The van der Waals surface area contributed by atoms with Crippen molar-refractivity contribution in [2.75, 3.05) is 6.54 Å². The number of nitrogens with one attached hydrogen (secondary N) is 1. The van der Waals surface area contributed by atoms with Gasteiger partial charge in [-0.1, -0.05) is 0 Å². The number of hydrogen-bond acceptors (Lipinski definition) is 3. The highest BCUT2D eigenvalue weighted by molar-refractivity contribution is 5.80. The molecule has 0 radical (unpaired) electrons. The Morgan fingerprint density at radius 2 is 2.00 bits per heavy atom. The molecule has 98 valence electrons. The largest absolute Gasteiger partial charge is 0.444 e. The number of hydrogen-bond donors (Lipinski definition) is 2. The van der Waals surface area contributed by atoms with E-state index in [9.17, 15) is 4.79 Å². The van der Waals surface area contributed by atoms with Crippen LogP contribution < -0.4 is 5.73 Å². The summed E-state index contributed by atoms with van der Waals surface area (Å²) in [6.45, 7) is 8.04. The van der Waals surface area contributed by atoms with Gasteiger partial charge in [0.1, 0.15) is 5.60 Å². The van der Waals surface area contributed by atoms with Gasteiger partial charge in [-0.3, -0.25) is 5.41 Å². The van der Waals surface area contributed by atoms with Crippen molar-refractivity contribution in [3.63, 3.8) is 0 Å². The van der Waals surface area contributed by atoms with Crippen LogP contribution in [0.15, 0.2) is 0 Å². The molecule has 3 N–H and O–H groups in total. The summed E-state index contributed by atoms with van der Waals surface area (Å²) in [7, 11) is 0. The van der Waals surface area contributed by atoms with E-state index in [1.807, 2.05) is 27.7 Å². The molecule has 1 amide bonds. The van der Waals surface area contributed by atoms with Crippen molar-refractivity contribution < 1.29 is 9.53 Å². The first-order chi connectivity index (χ1) is 7.70. The van der Waals surface area contributed by atoms with Gasteiger partial charge in [-0.2, -0.15) is 0 Å². The summed E-state index contributed by atoms with van der Waals surface area (Å²) in [5.74, 6) is 0.129. The summed E-state index contributed by atoms with van der Waals surface area (Å²) < 4.78 is 5.35. The van der Waals surface area contributed by atoms with Crippen LogP contribution in [0.3, 0.4) is 0 Å². The predicted octanol–water partition coefficient (Wildman–Crippen LogP) is 1.96. The molecule has 0 unspecified atom stereocenters. The van der Waals surface area contributed by atoms with Crippen molar-refractivity contribution >= 4 is 11.9 Å². The number of amidine groups is 1. The van der Waals surface area contributed by atoms with E-state index in [-0.39, 0.29) is 23.9 Å². The Bertz CT molecular complexity index is 309. The standard InChI is InChI=1S/C12H23N3O2/c1-8-5-6-9(10(13)14)7-15(8)11(16)17-12(2,3)4/h8-9H,5-7H2,1-4H3,(H3,13,14)/t8-,9+/m1/s1. The van der Waals surface area contributed by atoms with Crippen LogP contribution in [0.5, 0.6) is 0 Å². The number of nitrogens with two attached hydrogens (primary N) is 1.